The molecular formula is C32H32F2O9S. The number of Topliss-reactive ketones (excluding diaryl/α,β-unsaturated/α-hetero) is 4. The Morgan fingerprint density at radius 2 is 1.50 bits per heavy atom. The van der Waals surface area contributed by atoms with Crippen molar-refractivity contribution in [3.8, 4) is 10.4 Å². The van der Waals surface area contributed by atoms with E-state index in [1.807, 2.05) is 0 Å². The lowest BCUT2D eigenvalue weighted by atomic mass is 9.57. The van der Waals surface area contributed by atoms with Gasteiger partial charge in [0.05, 0.1) is 0 Å². The van der Waals surface area contributed by atoms with Gasteiger partial charge in [0.15, 0.2) is 51.6 Å². The number of hydrogen-bond acceptors (Lipinski definition) is 10. The van der Waals surface area contributed by atoms with Crippen LogP contribution in [0, 0.1) is 18.6 Å². The minimum absolute atomic E-state index is 0.0340. The van der Waals surface area contributed by atoms with E-state index in [0.717, 1.165) is 50.3 Å². The maximum atomic E-state index is 13.8. The average Bonchev–Trinajstić information content (AvgIpc) is 3.42. The molecule has 1 aliphatic rings. The van der Waals surface area contributed by atoms with Gasteiger partial charge in [0.25, 0.3) is 0 Å². The summed E-state index contributed by atoms with van der Waals surface area (Å²) in [5, 5.41) is 46.0. The molecule has 0 amide bonds. The van der Waals surface area contributed by atoms with E-state index in [1.165, 1.54) is 29.5 Å². The average molecular weight is 631 g/mol. The molecule has 0 radical (unpaired) electrons. The maximum absolute atomic E-state index is 13.8. The Bertz CT molecular complexity index is 1670. The third kappa shape index (κ3) is 5.05. The van der Waals surface area contributed by atoms with E-state index < -0.39 is 69.9 Å². The summed E-state index contributed by atoms with van der Waals surface area (Å²) in [6.45, 7) is 5.07. The summed E-state index contributed by atoms with van der Waals surface area (Å²) in [6, 6.07) is 11.7. The molecule has 2 aromatic carbocycles. The number of thiophene rings is 1. The quantitative estimate of drug-likeness (QED) is 0.279. The molecule has 3 aromatic rings. The van der Waals surface area contributed by atoms with Crippen LogP contribution in [0.3, 0.4) is 0 Å². The van der Waals surface area contributed by atoms with Crippen LogP contribution in [-0.4, -0.2) is 72.6 Å². The van der Waals surface area contributed by atoms with Gasteiger partial charge in [0, 0.05) is 16.2 Å². The molecule has 6 atom stereocenters. The van der Waals surface area contributed by atoms with Crippen molar-refractivity contribution in [2.75, 3.05) is 0 Å². The number of rotatable bonds is 9. The number of hydrogen-bond donors (Lipinski definition) is 4. The zero-order valence-electron chi connectivity index (χ0n) is 24.6. The van der Waals surface area contributed by atoms with Crippen LogP contribution in [0.25, 0.3) is 10.4 Å². The summed E-state index contributed by atoms with van der Waals surface area (Å²) in [4.78, 5) is 52.7. The minimum Gasteiger partial charge on any atom is -0.382 e. The number of carbonyl (C=O) groups excluding carboxylic acids is 4. The largest absolute Gasteiger partial charge is 0.382 e. The predicted octanol–water partition coefficient (Wildman–Crippen LogP) is 2.94. The van der Waals surface area contributed by atoms with Gasteiger partial charge in [-0.2, -0.15) is 0 Å². The van der Waals surface area contributed by atoms with E-state index in [0.29, 0.717) is 16.0 Å². The second kappa shape index (κ2) is 11.8. The van der Waals surface area contributed by atoms with Crippen LogP contribution in [0.2, 0.25) is 0 Å². The highest BCUT2D eigenvalue weighted by atomic mass is 32.1. The van der Waals surface area contributed by atoms with E-state index >= 15 is 0 Å². The molecule has 44 heavy (non-hydrogen) atoms. The van der Waals surface area contributed by atoms with Crippen LogP contribution in [0.1, 0.15) is 55.4 Å². The lowest BCUT2D eigenvalue weighted by molar-refractivity contribution is -0.329. The van der Waals surface area contributed by atoms with Crippen LogP contribution < -0.4 is 0 Å². The number of aryl methyl sites for hydroxylation is 1. The number of carbonyl (C=O) groups is 4. The van der Waals surface area contributed by atoms with Crippen LogP contribution in [0.15, 0.2) is 48.5 Å². The van der Waals surface area contributed by atoms with Crippen molar-refractivity contribution in [3.05, 3.63) is 81.7 Å². The molecule has 1 fully saturated rings. The fraction of sp³-hybridized carbons (Fsp3) is 0.375. The lowest BCUT2D eigenvalue weighted by Crippen LogP contribution is -2.85. The first-order chi connectivity index (χ1) is 20.4. The van der Waals surface area contributed by atoms with Gasteiger partial charge in [0.1, 0.15) is 18.3 Å². The number of halogens is 2. The first-order valence-electron chi connectivity index (χ1n) is 13.6. The molecule has 1 aromatic heterocycles. The molecule has 9 nitrogen and oxygen atoms in total. The second-order valence-corrected chi connectivity index (χ2v) is 12.3. The molecule has 0 saturated carbocycles. The molecule has 2 heterocycles. The Labute approximate surface area is 255 Å². The van der Waals surface area contributed by atoms with Gasteiger partial charge in [0.2, 0.25) is 0 Å². The van der Waals surface area contributed by atoms with Gasteiger partial charge in [-0.25, -0.2) is 8.78 Å². The number of ketones is 4. The fourth-order valence-corrected chi connectivity index (χ4v) is 6.83. The van der Waals surface area contributed by atoms with Gasteiger partial charge in [-0.15, -0.1) is 11.3 Å². The molecule has 0 spiro atoms. The highest BCUT2D eigenvalue weighted by Gasteiger charge is 2.79. The predicted molar refractivity (Wildman–Crippen MR) is 155 cm³/mol. The molecule has 4 rings (SSSR count). The van der Waals surface area contributed by atoms with Crippen molar-refractivity contribution >= 4 is 34.5 Å². The van der Waals surface area contributed by atoms with E-state index in [9.17, 15) is 48.4 Å². The van der Waals surface area contributed by atoms with Crippen molar-refractivity contribution in [1.29, 1.82) is 0 Å². The molecule has 1 saturated heterocycles. The van der Waals surface area contributed by atoms with E-state index in [4.69, 9.17) is 4.74 Å². The third-order valence-corrected chi connectivity index (χ3v) is 9.50. The Morgan fingerprint density at radius 1 is 0.864 bits per heavy atom. The van der Waals surface area contributed by atoms with Crippen molar-refractivity contribution in [2.45, 2.75) is 76.2 Å². The van der Waals surface area contributed by atoms with Crippen LogP contribution in [0.5, 0.6) is 0 Å². The molecule has 0 aliphatic carbocycles. The van der Waals surface area contributed by atoms with Gasteiger partial charge in [-0.1, -0.05) is 24.3 Å². The minimum atomic E-state index is -3.54. The van der Waals surface area contributed by atoms with E-state index in [-0.39, 0.29) is 12.0 Å². The summed E-state index contributed by atoms with van der Waals surface area (Å²) in [5.74, 6) is -6.87. The van der Waals surface area contributed by atoms with E-state index in [2.05, 4.69) is 0 Å². The molecule has 234 valence electrons. The molecule has 1 unspecified atom stereocenters. The first kappa shape index (κ1) is 33.4. The topological polar surface area (TPSA) is 158 Å². The Kier molecular flexibility index (Phi) is 8.93. The lowest BCUT2D eigenvalue weighted by Gasteiger charge is -2.58. The Hall–Kier alpha value is -3.52. The molecule has 1 aliphatic heterocycles. The van der Waals surface area contributed by atoms with Gasteiger partial charge in [-0.3, -0.25) is 19.2 Å². The molecule has 4 N–H and O–H groups in total. The number of aliphatic hydroxyl groups excluding tert-OH is 1. The fourth-order valence-electron chi connectivity index (χ4n) is 5.81. The van der Waals surface area contributed by atoms with Crippen LogP contribution >= 0.6 is 11.3 Å². The summed E-state index contributed by atoms with van der Waals surface area (Å²) >= 11 is 1.31. The Balaban J connectivity index is 1.84. The van der Waals surface area contributed by atoms with Gasteiger partial charge < -0.3 is 25.2 Å². The van der Waals surface area contributed by atoms with Gasteiger partial charge >= 0.3 is 0 Å². The number of ether oxygens (including phenoxy) is 1. The number of benzene rings is 2. The standard InChI is InChI=1S/C32H32F2O9S/c1-15-6-7-21(12-22(15)13-23-9-11-26(44-23)20-8-10-24(33)25(34)14-20)28-30(40,17(3)36)32(42,19(5)38)31(41,18(4)37)29(43-28)27(39)16(2)35/h6-12,14,27-29,39-42H,13H2,1-5H3/t27?,28-,29+,30-,31+,32+/m0/s1. The van der Waals surface area contributed by atoms with Crippen molar-refractivity contribution in [1.82, 2.24) is 0 Å². The first-order valence-corrected chi connectivity index (χ1v) is 14.4. The third-order valence-electron chi connectivity index (χ3n) is 8.37. The smallest absolute Gasteiger partial charge is 0.200 e. The Morgan fingerprint density at radius 3 is 2.05 bits per heavy atom. The molecule has 12 heteroatoms. The van der Waals surface area contributed by atoms with Crippen LogP contribution in [0.4, 0.5) is 8.78 Å². The SMILES string of the molecule is CC(=O)C(O)[C@H]1O[C@@H](c2ccc(C)c(Cc3ccc(-c4ccc(F)c(F)c4)s3)c2)[C@@](O)(C(C)=O)[C@](O)(C(C)=O)[C@@]1(O)C(C)=O. The van der Waals surface area contributed by atoms with E-state index in [1.54, 1.807) is 25.1 Å². The number of aliphatic hydroxyl groups is 4. The van der Waals surface area contributed by atoms with Crippen LogP contribution in [-0.2, 0) is 30.3 Å². The highest BCUT2D eigenvalue weighted by Crippen LogP contribution is 2.53. The molecule has 0 bridgehead atoms. The zero-order valence-corrected chi connectivity index (χ0v) is 25.4. The summed E-state index contributed by atoms with van der Waals surface area (Å²) < 4.78 is 33.0. The zero-order chi connectivity index (χ0) is 32.9. The monoisotopic (exact) mass is 630 g/mol. The highest BCUT2D eigenvalue weighted by molar-refractivity contribution is 7.15. The maximum Gasteiger partial charge on any atom is 0.200 e. The summed E-state index contributed by atoms with van der Waals surface area (Å²) in [7, 11) is 0. The second-order valence-electron chi connectivity index (χ2n) is 11.2. The normalized spacial score (nSPS) is 27.5. The van der Waals surface area contributed by atoms with Crippen molar-refractivity contribution < 1.29 is 53.1 Å². The molecular weight excluding hydrogens is 598 g/mol. The van der Waals surface area contributed by atoms with Crippen molar-refractivity contribution in [2.24, 2.45) is 0 Å². The summed E-state index contributed by atoms with van der Waals surface area (Å²) in [5.41, 5.74) is -8.29. The van der Waals surface area contributed by atoms with Crippen molar-refractivity contribution in [3.63, 3.8) is 0 Å². The summed E-state index contributed by atoms with van der Waals surface area (Å²) in [6.07, 6.45) is -6.14. The van der Waals surface area contributed by atoms with Gasteiger partial charge in [-0.05, 0) is 81.1 Å².